The number of ether oxygens (including phenoxy) is 1. The largest absolute Gasteiger partial charge is 0.478 e. The summed E-state index contributed by atoms with van der Waals surface area (Å²) < 4.78 is 4.71. The summed E-state index contributed by atoms with van der Waals surface area (Å²) in [5, 5.41) is 9.03. The van der Waals surface area contributed by atoms with E-state index in [9.17, 15) is 19.2 Å². The van der Waals surface area contributed by atoms with Crippen LogP contribution in [0.3, 0.4) is 0 Å². The molecule has 0 radical (unpaired) electrons. The number of methoxy groups -OCH3 is 1. The van der Waals surface area contributed by atoms with Gasteiger partial charge in [-0.25, -0.2) is 29.1 Å². The molecule has 0 fully saturated rings. The highest BCUT2D eigenvalue weighted by molar-refractivity contribution is 5.93. The molecule has 0 unspecified atom stereocenters. The Kier molecular flexibility index (Phi) is 8.93. The number of carbonyl (C=O) groups excluding carboxylic acids is 3. The summed E-state index contributed by atoms with van der Waals surface area (Å²) in [6.45, 7) is 1.14. The van der Waals surface area contributed by atoms with Crippen LogP contribution in [0.1, 0.15) is 44.7 Å². The number of aryl methyl sites for hydroxylation is 2. The number of fused-ring (bicyclic) bond motifs is 2. The smallest absolute Gasteiger partial charge is 0.339 e. The Morgan fingerprint density at radius 2 is 1.13 bits per heavy atom. The molecule has 6 rings (SSSR count). The first-order chi connectivity index (χ1) is 21.7. The van der Waals surface area contributed by atoms with Crippen LogP contribution < -0.4 is 21.3 Å². The molecule has 6 heterocycles. The average molecular weight is 611 g/mol. The number of carbonyl (C=O) groups is 4. The van der Waals surface area contributed by atoms with E-state index in [-0.39, 0.29) is 5.56 Å². The molecule has 0 aromatic carbocycles. The van der Waals surface area contributed by atoms with E-state index in [1.807, 2.05) is 12.1 Å². The molecule has 4 aromatic heterocycles. The molecule has 0 aliphatic carbocycles. The monoisotopic (exact) mass is 610 g/mol. The lowest BCUT2D eigenvalue weighted by Crippen LogP contribution is -2.40. The summed E-state index contributed by atoms with van der Waals surface area (Å²) in [4.78, 5) is 65.2. The van der Waals surface area contributed by atoms with Gasteiger partial charge in [-0.1, -0.05) is 0 Å². The van der Waals surface area contributed by atoms with Crippen molar-refractivity contribution in [2.75, 3.05) is 30.0 Å². The second-order valence-corrected chi connectivity index (χ2v) is 10.3. The van der Waals surface area contributed by atoms with Crippen molar-refractivity contribution >= 4 is 35.6 Å². The third kappa shape index (κ3) is 6.69. The number of anilines is 2. The van der Waals surface area contributed by atoms with Crippen LogP contribution in [0.4, 0.5) is 21.2 Å². The highest BCUT2D eigenvalue weighted by Crippen LogP contribution is 2.30. The van der Waals surface area contributed by atoms with Crippen LogP contribution in [0.2, 0.25) is 0 Å². The van der Waals surface area contributed by atoms with Crippen LogP contribution in [0.5, 0.6) is 0 Å². The van der Waals surface area contributed by atoms with Crippen LogP contribution in [-0.2, 0) is 17.6 Å². The molecule has 5 N–H and O–H groups in total. The van der Waals surface area contributed by atoms with Gasteiger partial charge in [-0.15, -0.1) is 0 Å². The fourth-order valence-corrected chi connectivity index (χ4v) is 5.21. The van der Waals surface area contributed by atoms with Crippen LogP contribution in [0, 0.1) is 0 Å². The minimum absolute atomic E-state index is 0.119. The number of carboxylic acid groups (broad SMARTS) is 1. The van der Waals surface area contributed by atoms with E-state index in [1.54, 1.807) is 36.9 Å². The minimum Gasteiger partial charge on any atom is -0.478 e. The Balaban J connectivity index is 0.000000178. The number of aromatic nitrogens is 4. The zero-order valence-corrected chi connectivity index (χ0v) is 24.3. The van der Waals surface area contributed by atoms with Crippen molar-refractivity contribution in [3.8, 4) is 22.3 Å². The predicted octanol–water partition coefficient (Wildman–Crippen LogP) is 3.43. The molecule has 0 saturated carbocycles. The third-order valence-corrected chi connectivity index (χ3v) is 7.40. The fourth-order valence-electron chi connectivity index (χ4n) is 5.21. The van der Waals surface area contributed by atoms with E-state index in [0.717, 1.165) is 53.5 Å². The Morgan fingerprint density at radius 3 is 1.58 bits per heavy atom. The lowest BCUT2D eigenvalue weighted by atomic mass is 10.0. The number of hydrogen-bond donors (Lipinski definition) is 3. The Bertz CT molecular complexity index is 1800. The van der Waals surface area contributed by atoms with Gasteiger partial charge in [0.15, 0.2) is 0 Å². The lowest BCUT2D eigenvalue weighted by Gasteiger charge is -2.26. The number of primary amides is 2. The first kappa shape index (κ1) is 30.5. The fraction of sp³-hybridized carbons (Fsp3) is 0.226. The van der Waals surface area contributed by atoms with Crippen LogP contribution in [-0.4, -0.2) is 69.2 Å². The van der Waals surface area contributed by atoms with Crippen molar-refractivity contribution < 1.29 is 29.0 Å². The van der Waals surface area contributed by atoms with E-state index in [1.165, 1.54) is 29.3 Å². The van der Waals surface area contributed by atoms with E-state index in [2.05, 4.69) is 19.9 Å². The van der Waals surface area contributed by atoms with Crippen LogP contribution >= 0.6 is 0 Å². The van der Waals surface area contributed by atoms with Gasteiger partial charge in [0.05, 0.1) is 18.2 Å². The van der Waals surface area contributed by atoms with Crippen LogP contribution in [0.15, 0.2) is 61.4 Å². The lowest BCUT2D eigenvalue weighted by molar-refractivity contribution is 0.0599. The number of aromatic carboxylic acids is 1. The molecule has 0 bridgehead atoms. The van der Waals surface area contributed by atoms with E-state index in [4.69, 9.17) is 21.3 Å². The summed E-state index contributed by atoms with van der Waals surface area (Å²) in [5.41, 5.74) is 16.1. The quantitative estimate of drug-likeness (QED) is 0.287. The summed E-state index contributed by atoms with van der Waals surface area (Å²) in [6.07, 6.45) is 12.5. The Morgan fingerprint density at radius 1 is 0.689 bits per heavy atom. The third-order valence-electron chi connectivity index (χ3n) is 7.40. The van der Waals surface area contributed by atoms with Gasteiger partial charge in [0, 0.05) is 72.5 Å². The summed E-state index contributed by atoms with van der Waals surface area (Å²) in [6, 6.07) is 6.09. The Labute approximate surface area is 257 Å². The summed E-state index contributed by atoms with van der Waals surface area (Å²) in [7, 11) is 1.33. The van der Waals surface area contributed by atoms with E-state index < -0.39 is 24.0 Å². The number of esters is 1. The standard InChI is InChI=1S/C16H16N4O3.C15H14N4O3/c1-23-15(21)13-6-11(7-18-8-13)12-5-10-3-2-4-20(16(17)22)14(10)19-9-12;16-15(22)19-3-1-2-9-4-11(8-18-13(9)19)10-5-12(14(20)21)7-17-6-10/h5-9H,2-4H2,1H3,(H2,17,22);4-8H,1-3H2,(H2,16,22)(H,20,21). The maximum atomic E-state index is 11.6. The van der Waals surface area contributed by atoms with Crippen molar-refractivity contribution in [2.45, 2.75) is 25.7 Å². The number of rotatable bonds is 4. The number of pyridine rings is 4. The van der Waals surface area contributed by atoms with Gasteiger partial charge < -0.3 is 21.3 Å². The molecular formula is C31H30N8O6. The van der Waals surface area contributed by atoms with Crippen LogP contribution in [0.25, 0.3) is 22.3 Å². The number of urea groups is 2. The number of hydrogen-bond acceptors (Lipinski definition) is 9. The average Bonchev–Trinajstić information content (AvgIpc) is 3.07. The van der Waals surface area contributed by atoms with Crippen molar-refractivity contribution in [2.24, 2.45) is 11.5 Å². The van der Waals surface area contributed by atoms with Gasteiger partial charge in [0.2, 0.25) is 0 Å². The van der Waals surface area contributed by atoms with E-state index in [0.29, 0.717) is 35.9 Å². The maximum Gasteiger partial charge on any atom is 0.339 e. The van der Waals surface area contributed by atoms with Gasteiger partial charge in [-0.2, -0.15) is 0 Å². The van der Waals surface area contributed by atoms with Crippen molar-refractivity contribution in [3.63, 3.8) is 0 Å². The first-order valence-electron chi connectivity index (χ1n) is 14.0. The molecule has 45 heavy (non-hydrogen) atoms. The van der Waals surface area contributed by atoms with E-state index >= 15 is 0 Å². The van der Waals surface area contributed by atoms with Gasteiger partial charge in [-0.05, 0) is 61.1 Å². The molecule has 14 heteroatoms. The molecule has 14 nitrogen and oxygen atoms in total. The summed E-state index contributed by atoms with van der Waals surface area (Å²) >= 11 is 0. The van der Waals surface area contributed by atoms with Crippen molar-refractivity contribution in [3.05, 3.63) is 83.7 Å². The molecule has 0 spiro atoms. The minimum atomic E-state index is -1.03. The molecule has 0 atom stereocenters. The number of amides is 4. The SMILES string of the molecule is COC(=O)c1cncc(-c2cnc3c(c2)CCCN3C(N)=O)c1.NC(=O)N1CCCc2cc(-c3cncc(C(=O)O)c3)cnc21. The molecule has 2 aliphatic rings. The molecule has 4 aromatic rings. The molecular weight excluding hydrogens is 580 g/mol. The maximum absolute atomic E-state index is 11.6. The van der Waals surface area contributed by atoms with Crippen molar-refractivity contribution in [1.82, 2.24) is 19.9 Å². The van der Waals surface area contributed by atoms with Gasteiger partial charge in [-0.3, -0.25) is 19.8 Å². The second-order valence-electron chi connectivity index (χ2n) is 10.3. The van der Waals surface area contributed by atoms with Gasteiger partial charge in [0.1, 0.15) is 11.6 Å². The summed E-state index contributed by atoms with van der Waals surface area (Å²) in [5.74, 6) is -0.292. The zero-order chi connectivity index (χ0) is 32.1. The molecule has 4 amide bonds. The first-order valence-corrected chi connectivity index (χ1v) is 14.0. The highest BCUT2D eigenvalue weighted by atomic mass is 16.5. The number of nitrogens with two attached hydrogens (primary N) is 2. The number of nitrogens with zero attached hydrogens (tertiary/aromatic N) is 6. The normalized spacial score (nSPS) is 13.4. The Hall–Kier alpha value is -5.92. The van der Waals surface area contributed by atoms with Gasteiger partial charge >= 0.3 is 24.0 Å². The van der Waals surface area contributed by atoms with Gasteiger partial charge in [0.25, 0.3) is 0 Å². The molecule has 2 aliphatic heterocycles. The second kappa shape index (κ2) is 13.2. The van der Waals surface area contributed by atoms with Crippen molar-refractivity contribution in [1.29, 1.82) is 0 Å². The topological polar surface area (TPSA) is 208 Å². The molecule has 230 valence electrons. The highest BCUT2D eigenvalue weighted by Gasteiger charge is 2.24. The zero-order valence-electron chi connectivity index (χ0n) is 24.3. The molecule has 0 saturated heterocycles. The predicted molar refractivity (Wildman–Crippen MR) is 164 cm³/mol. The number of carboxylic acids is 1.